The van der Waals surface area contributed by atoms with Crippen molar-refractivity contribution < 1.29 is 4.74 Å². The third kappa shape index (κ3) is 4.13. The van der Waals surface area contributed by atoms with Gasteiger partial charge in [0.2, 0.25) is 0 Å². The second-order valence-corrected chi connectivity index (χ2v) is 5.30. The highest BCUT2D eigenvalue weighted by Gasteiger charge is 2.33. The van der Waals surface area contributed by atoms with Crippen LogP contribution < -0.4 is 5.32 Å². The van der Waals surface area contributed by atoms with Crippen molar-refractivity contribution in [1.82, 2.24) is 10.2 Å². The van der Waals surface area contributed by atoms with E-state index >= 15 is 0 Å². The molecule has 1 saturated heterocycles. The first kappa shape index (κ1) is 13.5. The van der Waals surface area contributed by atoms with Crippen LogP contribution >= 0.6 is 0 Å². The normalized spacial score (nSPS) is 27.3. The number of rotatable bonds is 4. The van der Waals surface area contributed by atoms with Crippen LogP contribution in [0.25, 0.3) is 0 Å². The van der Waals surface area contributed by atoms with E-state index in [0.717, 1.165) is 19.6 Å². The van der Waals surface area contributed by atoms with Crippen LogP contribution in [0.4, 0.5) is 0 Å². The van der Waals surface area contributed by atoms with Gasteiger partial charge in [0, 0.05) is 25.7 Å². The smallest absolute Gasteiger partial charge is 0.0757 e. The zero-order valence-corrected chi connectivity index (χ0v) is 10.9. The summed E-state index contributed by atoms with van der Waals surface area (Å²) in [5, 5.41) is 3.26. The van der Waals surface area contributed by atoms with E-state index in [9.17, 15) is 0 Å². The molecule has 1 aliphatic heterocycles. The van der Waals surface area contributed by atoms with Crippen molar-refractivity contribution in [2.24, 2.45) is 0 Å². The zero-order valence-electron chi connectivity index (χ0n) is 10.9. The van der Waals surface area contributed by atoms with Gasteiger partial charge in [0.15, 0.2) is 0 Å². The molecule has 1 rings (SSSR count). The van der Waals surface area contributed by atoms with Crippen molar-refractivity contribution >= 4 is 0 Å². The molecule has 0 spiro atoms. The predicted molar refractivity (Wildman–Crippen MR) is 67.4 cm³/mol. The summed E-state index contributed by atoms with van der Waals surface area (Å²) in [7, 11) is 0. The molecule has 0 bridgehead atoms. The first-order valence-corrected chi connectivity index (χ1v) is 6.00. The standard InChI is InChI=1S/C13H24N2O/c1-6-7-14-8-11(2)15-9-12(3)16-13(4,5)10-15/h1,11-12,14H,7-10H2,2-5H3. The topological polar surface area (TPSA) is 24.5 Å². The second kappa shape index (κ2) is 5.67. The summed E-state index contributed by atoms with van der Waals surface area (Å²) in [5.74, 6) is 2.60. The molecule has 0 aliphatic carbocycles. The third-order valence-electron chi connectivity index (χ3n) is 2.89. The molecule has 1 fully saturated rings. The Bertz CT molecular complexity index is 257. The number of nitrogens with zero attached hydrogens (tertiary/aromatic N) is 1. The van der Waals surface area contributed by atoms with E-state index in [-0.39, 0.29) is 5.60 Å². The molecule has 1 heterocycles. The van der Waals surface area contributed by atoms with Crippen LogP contribution in [-0.2, 0) is 4.74 Å². The maximum atomic E-state index is 5.89. The van der Waals surface area contributed by atoms with Crippen LogP contribution in [0, 0.1) is 12.3 Å². The minimum absolute atomic E-state index is 0.0436. The van der Waals surface area contributed by atoms with E-state index in [1.54, 1.807) is 0 Å². The van der Waals surface area contributed by atoms with E-state index < -0.39 is 0 Å². The van der Waals surface area contributed by atoms with Crippen molar-refractivity contribution in [3.05, 3.63) is 0 Å². The molecule has 1 N–H and O–H groups in total. The minimum Gasteiger partial charge on any atom is -0.370 e. The van der Waals surface area contributed by atoms with Crippen molar-refractivity contribution in [3.8, 4) is 12.3 Å². The van der Waals surface area contributed by atoms with Crippen molar-refractivity contribution in [1.29, 1.82) is 0 Å². The molecular weight excluding hydrogens is 200 g/mol. The van der Waals surface area contributed by atoms with Gasteiger partial charge >= 0.3 is 0 Å². The van der Waals surface area contributed by atoms with Crippen LogP contribution in [0.1, 0.15) is 27.7 Å². The Kier molecular flexibility index (Phi) is 4.79. The number of hydrogen-bond donors (Lipinski definition) is 1. The highest BCUT2D eigenvalue weighted by molar-refractivity contribution is 4.89. The highest BCUT2D eigenvalue weighted by atomic mass is 16.5. The summed E-state index contributed by atoms with van der Waals surface area (Å²) < 4.78 is 5.89. The van der Waals surface area contributed by atoms with Gasteiger partial charge in [-0.15, -0.1) is 6.42 Å². The molecule has 0 aromatic carbocycles. The van der Waals surface area contributed by atoms with Crippen LogP contribution in [0.5, 0.6) is 0 Å². The summed E-state index contributed by atoms with van der Waals surface area (Å²) in [6, 6.07) is 0.499. The monoisotopic (exact) mass is 224 g/mol. The maximum Gasteiger partial charge on any atom is 0.0757 e. The van der Waals surface area contributed by atoms with E-state index in [1.807, 2.05) is 0 Å². The van der Waals surface area contributed by atoms with Gasteiger partial charge in [-0.2, -0.15) is 0 Å². The Morgan fingerprint density at radius 3 is 2.88 bits per heavy atom. The lowest BCUT2D eigenvalue weighted by atomic mass is 10.0. The molecule has 2 atom stereocenters. The minimum atomic E-state index is -0.0436. The Morgan fingerprint density at radius 1 is 1.62 bits per heavy atom. The number of morpholine rings is 1. The average Bonchev–Trinajstić information content (AvgIpc) is 2.14. The van der Waals surface area contributed by atoms with Crippen molar-refractivity contribution in [2.75, 3.05) is 26.2 Å². The number of nitrogens with one attached hydrogen (secondary N) is 1. The van der Waals surface area contributed by atoms with Gasteiger partial charge in [0.05, 0.1) is 18.2 Å². The summed E-state index contributed by atoms with van der Waals surface area (Å²) in [4.78, 5) is 2.47. The number of terminal acetylenes is 1. The van der Waals surface area contributed by atoms with E-state index in [4.69, 9.17) is 11.2 Å². The van der Waals surface area contributed by atoms with Crippen LogP contribution in [0.2, 0.25) is 0 Å². The molecule has 2 unspecified atom stereocenters. The van der Waals surface area contributed by atoms with E-state index in [2.05, 4.69) is 43.8 Å². The summed E-state index contributed by atoms with van der Waals surface area (Å²) in [6.45, 7) is 12.2. The highest BCUT2D eigenvalue weighted by Crippen LogP contribution is 2.22. The fraction of sp³-hybridized carbons (Fsp3) is 0.846. The first-order valence-electron chi connectivity index (χ1n) is 6.00. The lowest BCUT2D eigenvalue weighted by Crippen LogP contribution is -2.56. The maximum absolute atomic E-state index is 5.89. The number of hydrogen-bond acceptors (Lipinski definition) is 3. The molecule has 0 amide bonds. The quantitative estimate of drug-likeness (QED) is 0.571. The predicted octanol–water partition coefficient (Wildman–Crippen LogP) is 1.10. The molecule has 0 aromatic rings. The lowest BCUT2D eigenvalue weighted by Gasteiger charge is -2.44. The average molecular weight is 224 g/mol. The van der Waals surface area contributed by atoms with Gasteiger partial charge in [0.25, 0.3) is 0 Å². The van der Waals surface area contributed by atoms with Gasteiger partial charge in [-0.25, -0.2) is 0 Å². The molecule has 0 aromatic heterocycles. The Hall–Kier alpha value is -0.560. The van der Waals surface area contributed by atoms with Crippen LogP contribution in [-0.4, -0.2) is 48.8 Å². The molecule has 92 valence electrons. The zero-order chi connectivity index (χ0) is 12.2. The van der Waals surface area contributed by atoms with Gasteiger partial charge in [-0.3, -0.25) is 4.90 Å². The molecule has 3 nitrogen and oxygen atoms in total. The molecule has 3 heteroatoms. The third-order valence-corrected chi connectivity index (χ3v) is 2.89. The van der Waals surface area contributed by atoms with Crippen LogP contribution in [0.15, 0.2) is 0 Å². The molecule has 1 aliphatic rings. The first-order chi connectivity index (χ1) is 7.44. The second-order valence-electron chi connectivity index (χ2n) is 5.30. The molecule has 0 radical (unpaired) electrons. The molecule has 0 saturated carbocycles. The van der Waals surface area contributed by atoms with E-state index in [0.29, 0.717) is 18.7 Å². The molecular formula is C13H24N2O. The van der Waals surface area contributed by atoms with Gasteiger partial charge < -0.3 is 10.1 Å². The van der Waals surface area contributed by atoms with E-state index in [1.165, 1.54) is 0 Å². The fourth-order valence-electron chi connectivity index (χ4n) is 2.32. The fourth-order valence-corrected chi connectivity index (χ4v) is 2.32. The van der Waals surface area contributed by atoms with Gasteiger partial charge in [0.1, 0.15) is 0 Å². The van der Waals surface area contributed by atoms with Crippen molar-refractivity contribution in [3.63, 3.8) is 0 Å². The van der Waals surface area contributed by atoms with Crippen LogP contribution in [0.3, 0.4) is 0 Å². The summed E-state index contributed by atoms with van der Waals surface area (Å²) >= 11 is 0. The van der Waals surface area contributed by atoms with Gasteiger partial charge in [-0.1, -0.05) is 5.92 Å². The summed E-state index contributed by atoms with van der Waals surface area (Å²) in [5.41, 5.74) is -0.0436. The van der Waals surface area contributed by atoms with Gasteiger partial charge in [-0.05, 0) is 27.7 Å². The Labute approximate surface area is 99.5 Å². The largest absolute Gasteiger partial charge is 0.370 e. The number of ether oxygens (including phenoxy) is 1. The lowest BCUT2D eigenvalue weighted by molar-refractivity contribution is -0.136. The summed E-state index contributed by atoms with van der Waals surface area (Å²) in [6.07, 6.45) is 5.52. The Balaban J connectivity index is 2.43. The van der Waals surface area contributed by atoms with Crippen molar-refractivity contribution in [2.45, 2.75) is 45.4 Å². The molecule has 16 heavy (non-hydrogen) atoms. The Morgan fingerprint density at radius 2 is 2.31 bits per heavy atom. The SMILES string of the molecule is C#CCNCC(C)N1CC(C)OC(C)(C)C1.